The van der Waals surface area contributed by atoms with Gasteiger partial charge in [-0.25, -0.2) is 9.67 Å². The van der Waals surface area contributed by atoms with Gasteiger partial charge in [-0.3, -0.25) is 4.79 Å². The van der Waals surface area contributed by atoms with E-state index in [4.69, 9.17) is 27.7 Å². The quantitative estimate of drug-likeness (QED) is 0.332. The zero-order valence-electron chi connectivity index (χ0n) is 17.3. The van der Waals surface area contributed by atoms with Crippen molar-refractivity contribution in [3.05, 3.63) is 87.0 Å². The third-order valence-corrected chi connectivity index (χ3v) is 6.46. The van der Waals surface area contributed by atoms with E-state index >= 15 is 0 Å². The first-order chi connectivity index (χ1) is 15.4. The number of nitrogens with one attached hydrogen (secondary N) is 1. The number of anilines is 1. The molecule has 1 aromatic carbocycles. The van der Waals surface area contributed by atoms with Gasteiger partial charge in [-0.1, -0.05) is 34.4 Å². The number of halogens is 2. The van der Waals surface area contributed by atoms with Crippen LogP contribution in [0, 0.1) is 13.8 Å². The van der Waals surface area contributed by atoms with Crippen LogP contribution in [0.4, 0.5) is 5.82 Å². The number of hydrogen-bond donors (Lipinski definition) is 1. The molecule has 3 aromatic heterocycles. The Balaban J connectivity index is 1.50. The first-order valence-corrected chi connectivity index (χ1v) is 11.4. The zero-order chi connectivity index (χ0) is 22.7. The summed E-state index contributed by atoms with van der Waals surface area (Å²) in [7, 11) is 0. The second-order valence-corrected chi connectivity index (χ2v) is 8.82. The third-order valence-electron chi connectivity index (χ3n) is 4.84. The molecule has 4 aromatic rings. The maximum Gasteiger partial charge on any atom is 0.259 e. The highest BCUT2D eigenvalue weighted by atomic mass is 35.5. The van der Waals surface area contributed by atoms with E-state index in [0.29, 0.717) is 38.8 Å². The van der Waals surface area contributed by atoms with E-state index in [1.54, 1.807) is 47.4 Å². The topological polar surface area (TPSA) is 85.8 Å². The van der Waals surface area contributed by atoms with Gasteiger partial charge in [-0.2, -0.15) is 5.10 Å². The van der Waals surface area contributed by atoms with E-state index < -0.39 is 0 Å². The van der Waals surface area contributed by atoms with Gasteiger partial charge < -0.3 is 9.84 Å². The standard InChI is InChI=1S/C22H19Cl2N5O2S/c1-13-18(14(2)31-28-13)12-32-22-17(4-3-8-25-22)21(30)27-20-7-9-26-29(20)11-15-5-6-16(23)10-19(15)24/h3-10H,11-12H2,1-2H3,(H,27,30). The van der Waals surface area contributed by atoms with Crippen molar-refractivity contribution in [3.8, 4) is 0 Å². The Morgan fingerprint density at radius 1 is 1.19 bits per heavy atom. The molecule has 0 aliphatic carbocycles. The van der Waals surface area contributed by atoms with Crippen molar-refractivity contribution in [2.75, 3.05) is 5.32 Å². The maximum atomic E-state index is 13.1. The van der Waals surface area contributed by atoms with E-state index in [2.05, 4.69) is 20.6 Å². The molecule has 0 saturated heterocycles. The van der Waals surface area contributed by atoms with Crippen LogP contribution < -0.4 is 5.32 Å². The summed E-state index contributed by atoms with van der Waals surface area (Å²) in [6, 6.07) is 10.5. The fourth-order valence-electron chi connectivity index (χ4n) is 3.09. The van der Waals surface area contributed by atoms with Crippen molar-refractivity contribution < 1.29 is 9.32 Å². The maximum absolute atomic E-state index is 13.1. The zero-order valence-corrected chi connectivity index (χ0v) is 19.6. The molecule has 0 saturated carbocycles. The van der Waals surface area contributed by atoms with Crippen LogP contribution in [0.5, 0.6) is 0 Å². The molecule has 3 heterocycles. The molecule has 1 N–H and O–H groups in total. The van der Waals surface area contributed by atoms with Gasteiger partial charge in [0.15, 0.2) is 0 Å². The number of thioether (sulfide) groups is 1. The highest BCUT2D eigenvalue weighted by Gasteiger charge is 2.17. The normalized spacial score (nSPS) is 11.0. The second kappa shape index (κ2) is 9.77. The number of carbonyl (C=O) groups is 1. The van der Waals surface area contributed by atoms with Crippen molar-refractivity contribution in [3.63, 3.8) is 0 Å². The molecule has 4 rings (SSSR count). The number of aromatic nitrogens is 4. The van der Waals surface area contributed by atoms with Gasteiger partial charge in [0.25, 0.3) is 5.91 Å². The summed E-state index contributed by atoms with van der Waals surface area (Å²) in [5, 5.41) is 12.9. The molecular weight excluding hydrogens is 469 g/mol. The van der Waals surface area contributed by atoms with Crippen LogP contribution >= 0.6 is 35.0 Å². The summed E-state index contributed by atoms with van der Waals surface area (Å²) in [4.78, 5) is 17.5. The Hall–Kier alpha value is -2.81. The summed E-state index contributed by atoms with van der Waals surface area (Å²) >= 11 is 13.7. The fraction of sp³-hybridized carbons (Fsp3) is 0.182. The lowest BCUT2D eigenvalue weighted by Gasteiger charge is -2.12. The van der Waals surface area contributed by atoms with E-state index in [0.717, 1.165) is 22.6 Å². The van der Waals surface area contributed by atoms with Gasteiger partial charge in [0.05, 0.1) is 24.0 Å². The van der Waals surface area contributed by atoms with Crippen molar-refractivity contribution in [1.29, 1.82) is 0 Å². The van der Waals surface area contributed by atoms with Crippen LogP contribution in [-0.4, -0.2) is 25.8 Å². The highest BCUT2D eigenvalue weighted by molar-refractivity contribution is 7.98. The van der Waals surface area contributed by atoms with Gasteiger partial charge in [-0.15, -0.1) is 11.8 Å². The van der Waals surface area contributed by atoms with Crippen LogP contribution in [0.25, 0.3) is 0 Å². The first kappa shape index (κ1) is 22.4. The SMILES string of the molecule is Cc1noc(C)c1CSc1ncccc1C(=O)Nc1ccnn1Cc1ccc(Cl)cc1Cl. The molecule has 164 valence electrons. The Morgan fingerprint density at radius 2 is 2.03 bits per heavy atom. The van der Waals surface area contributed by atoms with Gasteiger partial charge >= 0.3 is 0 Å². The Bertz CT molecular complexity index is 1250. The third kappa shape index (κ3) is 4.98. The lowest BCUT2D eigenvalue weighted by atomic mass is 10.2. The van der Waals surface area contributed by atoms with Crippen molar-refractivity contribution >= 4 is 46.7 Å². The second-order valence-electron chi connectivity index (χ2n) is 7.01. The van der Waals surface area contributed by atoms with Gasteiger partial charge in [0.2, 0.25) is 0 Å². The van der Waals surface area contributed by atoms with Crippen molar-refractivity contribution in [2.45, 2.75) is 31.2 Å². The molecule has 0 fully saturated rings. The molecule has 1 amide bonds. The Kier molecular flexibility index (Phi) is 6.83. The van der Waals surface area contributed by atoms with Crippen LogP contribution in [0.3, 0.4) is 0 Å². The number of rotatable bonds is 7. The predicted molar refractivity (Wildman–Crippen MR) is 126 cm³/mol. The minimum atomic E-state index is -0.275. The molecule has 0 atom stereocenters. The lowest BCUT2D eigenvalue weighted by molar-refractivity contribution is 0.102. The monoisotopic (exact) mass is 487 g/mol. The predicted octanol–water partition coefficient (Wildman–Crippen LogP) is 5.78. The van der Waals surface area contributed by atoms with Crippen LogP contribution in [0.1, 0.15) is 32.9 Å². The summed E-state index contributed by atoms with van der Waals surface area (Å²) < 4.78 is 6.89. The van der Waals surface area contributed by atoms with Crippen molar-refractivity contribution in [2.24, 2.45) is 0 Å². The van der Waals surface area contributed by atoms with Gasteiger partial charge in [0.1, 0.15) is 16.6 Å². The summed E-state index contributed by atoms with van der Waals surface area (Å²) in [6.45, 7) is 4.15. The number of amides is 1. The average molecular weight is 488 g/mol. The molecule has 10 heteroatoms. The number of pyridine rings is 1. The fourth-order valence-corrected chi connectivity index (χ4v) is 4.70. The first-order valence-electron chi connectivity index (χ1n) is 9.69. The highest BCUT2D eigenvalue weighted by Crippen LogP contribution is 2.28. The van der Waals surface area contributed by atoms with E-state index in [1.165, 1.54) is 11.8 Å². The van der Waals surface area contributed by atoms with Crippen LogP contribution in [0.15, 0.2) is 58.3 Å². The summed E-state index contributed by atoms with van der Waals surface area (Å²) in [5.41, 5.74) is 3.15. The molecule has 7 nitrogen and oxygen atoms in total. The molecule has 0 bridgehead atoms. The average Bonchev–Trinajstić information content (AvgIpc) is 3.34. The van der Waals surface area contributed by atoms with E-state index in [9.17, 15) is 4.79 Å². The Morgan fingerprint density at radius 3 is 2.78 bits per heavy atom. The van der Waals surface area contributed by atoms with Gasteiger partial charge in [-0.05, 0) is 43.7 Å². The minimum absolute atomic E-state index is 0.275. The summed E-state index contributed by atoms with van der Waals surface area (Å²) in [5.74, 6) is 1.64. The molecular formula is C22H19Cl2N5O2S. The molecule has 0 spiro atoms. The largest absolute Gasteiger partial charge is 0.361 e. The molecule has 0 radical (unpaired) electrons. The van der Waals surface area contributed by atoms with Crippen molar-refractivity contribution in [1.82, 2.24) is 19.9 Å². The molecule has 32 heavy (non-hydrogen) atoms. The van der Waals surface area contributed by atoms with Crippen LogP contribution in [-0.2, 0) is 12.3 Å². The Labute approximate surface area is 199 Å². The van der Waals surface area contributed by atoms with Crippen LogP contribution in [0.2, 0.25) is 10.0 Å². The number of benzene rings is 1. The van der Waals surface area contributed by atoms with E-state index in [1.807, 2.05) is 19.9 Å². The lowest BCUT2D eigenvalue weighted by Crippen LogP contribution is -2.17. The van der Waals surface area contributed by atoms with Gasteiger partial charge in [0, 0.05) is 33.6 Å². The van der Waals surface area contributed by atoms with E-state index in [-0.39, 0.29) is 5.91 Å². The number of carbonyl (C=O) groups excluding carboxylic acids is 1. The molecule has 0 aliphatic heterocycles. The smallest absolute Gasteiger partial charge is 0.259 e. The molecule has 0 aliphatic rings. The number of hydrogen-bond acceptors (Lipinski definition) is 6. The minimum Gasteiger partial charge on any atom is -0.361 e. The molecule has 0 unspecified atom stereocenters. The summed E-state index contributed by atoms with van der Waals surface area (Å²) in [6.07, 6.45) is 3.29. The number of aryl methyl sites for hydroxylation is 2. The number of nitrogens with zero attached hydrogens (tertiary/aromatic N) is 4.